The van der Waals surface area contributed by atoms with Crippen molar-refractivity contribution in [2.75, 3.05) is 5.32 Å². The highest BCUT2D eigenvalue weighted by atomic mass is 16.2. The Labute approximate surface area is 122 Å². The van der Waals surface area contributed by atoms with Crippen LogP contribution in [-0.2, 0) is 11.3 Å². The van der Waals surface area contributed by atoms with Crippen LogP contribution in [0.25, 0.3) is 11.0 Å². The van der Waals surface area contributed by atoms with E-state index < -0.39 is 0 Å². The lowest BCUT2D eigenvalue weighted by Gasteiger charge is -2.06. The van der Waals surface area contributed by atoms with Crippen LogP contribution in [0.2, 0.25) is 0 Å². The van der Waals surface area contributed by atoms with Crippen LogP contribution in [-0.4, -0.2) is 20.9 Å². The molecule has 5 nitrogen and oxygen atoms in total. The third-order valence-corrected chi connectivity index (χ3v) is 3.48. The van der Waals surface area contributed by atoms with Crippen LogP contribution in [0.4, 0.5) is 5.69 Å². The highest BCUT2D eigenvalue weighted by molar-refractivity contribution is 5.91. The number of aryl methyl sites for hydroxylation is 2. The first-order chi connectivity index (χ1) is 10.1. The third kappa shape index (κ3) is 2.76. The van der Waals surface area contributed by atoms with Gasteiger partial charge < -0.3 is 5.32 Å². The van der Waals surface area contributed by atoms with Crippen LogP contribution in [0, 0.1) is 13.8 Å². The van der Waals surface area contributed by atoms with E-state index in [4.69, 9.17) is 0 Å². The summed E-state index contributed by atoms with van der Waals surface area (Å²) < 4.78 is 1.63. The number of anilines is 1. The maximum absolute atomic E-state index is 12.1. The topological polar surface area (TPSA) is 59.8 Å². The Kier molecular flexibility index (Phi) is 3.39. The Morgan fingerprint density at radius 1 is 1.14 bits per heavy atom. The molecule has 0 radical (unpaired) electrons. The van der Waals surface area contributed by atoms with Gasteiger partial charge in [-0.3, -0.25) is 4.79 Å². The number of benzene rings is 2. The van der Waals surface area contributed by atoms with Crippen molar-refractivity contribution < 1.29 is 4.79 Å². The summed E-state index contributed by atoms with van der Waals surface area (Å²) in [5.41, 5.74) is 4.80. The molecule has 21 heavy (non-hydrogen) atoms. The molecule has 3 rings (SSSR count). The van der Waals surface area contributed by atoms with E-state index in [1.807, 2.05) is 56.3 Å². The normalized spacial score (nSPS) is 10.8. The number of nitrogens with zero attached hydrogens (tertiary/aromatic N) is 3. The molecule has 0 aliphatic heterocycles. The molecule has 1 heterocycles. The number of fused-ring (bicyclic) bond motifs is 1. The quantitative estimate of drug-likeness (QED) is 0.802. The molecule has 5 heteroatoms. The summed E-state index contributed by atoms with van der Waals surface area (Å²) in [5.74, 6) is -0.119. The molecular weight excluding hydrogens is 264 g/mol. The second-order valence-corrected chi connectivity index (χ2v) is 5.09. The Morgan fingerprint density at radius 3 is 2.62 bits per heavy atom. The van der Waals surface area contributed by atoms with E-state index >= 15 is 0 Å². The molecule has 2 aromatic carbocycles. The molecule has 0 saturated carbocycles. The van der Waals surface area contributed by atoms with Crippen molar-refractivity contribution in [1.29, 1.82) is 0 Å². The molecule has 0 bridgehead atoms. The largest absolute Gasteiger partial charge is 0.324 e. The SMILES string of the molecule is Cc1cc2nnn(CC(=O)Nc3ccccc3)c2cc1C. The fourth-order valence-corrected chi connectivity index (χ4v) is 2.20. The number of amides is 1. The number of rotatable bonds is 3. The standard InChI is InChI=1S/C16H16N4O/c1-11-8-14-15(9-12(11)2)20(19-18-14)10-16(21)17-13-6-4-3-5-7-13/h3-9H,10H2,1-2H3,(H,17,21). The number of aromatic nitrogens is 3. The van der Waals surface area contributed by atoms with Crippen molar-refractivity contribution in [2.24, 2.45) is 0 Å². The van der Waals surface area contributed by atoms with Gasteiger partial charge in [0.1, 0.15) is 12.1 Å². The van der Waals surface area contributed by atoms with Crippen molar-refractivity contribution in [3.05, 3.63) is 53.6 Å². The van der Waals surface area contributed by atoms with Crippen LogP contribution >= 0.6 is 0 Å². The smallest absolute Gasteiger partial charge is 0.246 e. The molecule has 0 saturated heterocycles. The Hall–Kier alpha value is -2.69. The molecule has 106 valence electrons. The second-order valence-electron chi connectivity index (χ2n) is 5.09. The van der Waals surface area contributed by atoms with Crippen molar-refractivity contribution in [1.82, 2.24) is 15.0 Å². The van der Waals surface area contributed by atoms with Crippen molar-refractivity contribution in [2.45, 2.75) is 20.4 Å². The molecule has 0 aliphatic rings. The van der Waals surface area contributed by atoms with E-state index in [9.17, 15) is 4.79 Å². The minimum absolute atomic E-state index is 0.119. The number of hydrogen-bond acceptors (Lipinski definition) is 3. The summed E-state index contributed by atoms with van der Waals surface area (Å²) in [5, 5.41) is 11.0. The molecule has 0 atom stereocenters. The van der Waals surface area contributed by atoms with Gasteiger partial charge in [-0.15, -0.1) is 5.10 Å². The summed E-state index contributed by atoms with van der Waals surface area (Å²) in [6.45, 7) is 4.22. The van der Waals surface area contributed by atoms with Gasteiger partial charge in [0.05, 0.1) is 5.52 Å². The Balaban J connectivity index is 1.82. The summed E-state index contributed by atoms with van der Waals surface area (Å²) >= 11 is 0. The summed E-state index contributed by atoms with van der Waals surface area (Å²) in [4.78, 5) is 12.1. The van der Waals surface area contributed by atoms with E-state index in [0.717, 1.165) is 22.3 Å². The van der Waals surface area contributed by atoms with Gasteiger partial charge in [-0.05, 0) is 49.2 Å². The second kappa shape index (κ2) is 5.36. The highest BCUT2D eigenvalue weighted by Gasteiger charge is 2.10. The van der Waals surface area contributed by atoms with Gasteiger partial charge in [0.25, 0.3) is 0 Å². The molecule has 0 aliphatic carbocycles. The molecular formula is C16H16N4O. The zero-order valence-electron chi connectivity index (χ0n) is 12.0. The van der Waals surface area contributed by atoms with E-state index in [-0.39, 0.29) is 12.5 Å². The number of nitrogens with one attached hydrogen (secondary N) is 1. The summed E-state index contributed by atoms with van der Waals surface area (Å²) in [6, 6.07) is 13.4. The van der Waals surface area contributed by atoms with Crippen LogP contribution < -0.4 is 5.32 Å². The van der Waals surface area contributed by atoms with Crippen molar-refractivity contribution in [3.63, 3.8) is 0 Å². The van der Waals surface area contributed by atoms with Gasteiger partial charge in [0.15, 0.2) is 0 Å². The van der Waals surface area contributed by atoms with Gasteiger partial charge >= 0.3 is 0 Å². The first kappa shape index (κ1) is 13.3. The van der Waals surface area contributed by atoms with Crippen LogP contribution in [0.15, 0.2) is 42.5 Å². The van der Waals surface area contributed by atoms with Crippen LogP contribution in [0.5, 0.6) is 0 Å². The number of carbonyl (C=O) groups excluding carboxylic acids is 1. The molecule has 0 spiro atoms. The monoisotopic (exact) mass is 280 g/mol. The molecule has 3 aromatic rings. The van der Waals surface area contributed by atoms with Crippen LogP contribution in [0.1, 0.15) is 11.1 Å². The van der Waals surface area contributed by atoms with E-state index in [1.54, 1.807) is 4.68 Å². The van der Waals surface area contributed by atoms with E-state index in [1.165, 1.54) is 5.56 Å². The van der Waals surface area contributed by atoms with Crippen LogP contribution in [0.3, 0.4) is 0 Å². The first-order valence-electron chi connectivity index (χ1n) is 6.79. The number of para-hydroxylation sites is 1. The fraction of sp³-hybridized carbons (Fsp3) is 0.188. The first-order valence-corrected chi connectivity index (χ1v) is 6.79. The van der Waals surface area contributed by atoms with Crippen molar-refractivity contribution >= 4 is 22.6 Å². The van der Waals surface area contributed by atoms with Gasteiger partial charge in [0, 0.05) is 5.69 Å². The number of hydrogen-bond donors (Lipinski definition) is 1. The average molecular weight is 280 g/mol. The maximum atomic E-state index is 12.1. The van der Waals surface area contributed by atoms with Gasteiger partial charge in [-0.2, -0.15) is 0 Å². The lowest BCUT2D eigenvalue weighted by molar-refractivity contribution is -0.116. The fourth-order valence-electron chi connectivity index (χ4n) is 2.20. The molecule has 1 N–H and O–H groups in total. The zero-order valence-corrected chi connectivity index (χ0v) is 12.0. The molecule has 0 fully saturated rings. The predicted molar refractivity (Wildman–Crippen MR) is 82.1 cm³/mol. The maximum Gasteiger partial charge on any atom is 0.246 e. The predicted octanol–water partition coefficient (Wildman–Crippen LogP) is 2.69. The van der Waals surface area contributed by atoms with Crippen molar-refractivity contribution in [3.8, 4) is 0 Å². The molecule has 0 unspecified atom stereocenters. The van der Waals surface area contributed by atoms with Gasteiger partial charge in [0.2, 0.25) is 5.91 Å². The summed E-state index contributed by atoms with van der Waals surface area (Å²) in [7, 11) is 0. The Morgan fingerprint density at radius 2 is 1.86 bits per heavy atom. The van der Waals surface area contributed by atoms with E-state index in [0.29, 0.717) is 0 Å². The minimum atomic E-state index is -0.119. The third-order valence-electron chi connectivity index (χ3n) is 3.48. The zero-order chi connectivity index (χ0) is 14.8. The lowest BCUT2D eigenvalue weighted by atomic mass is 10.1. The average Bonchev–Trinajstić information content (AvgIpc) is 2.83. The van der Waals surface area contributed by atoms with Gasteiger partial charge in [-0.1, -0.05) is 23.4 Å². The number of carbonyl (C=O) groups is 1. The molecule has 1 amide bonds. The minimum Gasteiger partial charge on any atom is -0.324 e. The highest BCUT2D eigenvalue weighted by Crippen LogP contribution is 2.17. The Bertz CT molecular complexity index is 793. The van der Waals surface area contributed by atoms with E-state index in [2.05, 4.69) is 15.6 Å². The van der Waals surface area contributed by atoms with Gasteiger partial charge in [-0.25, -0.2) is 4.68 Å². The summed E-state index contributed by atoms with van der Waals surface area (Å²) in [6.07, 6.45) is 0. The molecule has 1 aromatic heterocycles. The lowest BCUT2D eigenvalue weighted by Crippen LogP contribution is -2.19.